The van der Waals surface area contributed by atoms with E-state index in [1.165, 1.54) is 12.3 Å². The molecule has 0 aromatic heterocycles. The molecular formula is C15H31N5S. The van der Waals surface area contributed by atoms with Crippen LogP contribution in [-0.2, 0) is 0 Å². The first kappa shape index (κ1) is 16.9. The summed E-state index contributed by atoms with van der Waals surface area (Å²) in [6.45, 7) is 11.2. The number of piperazine rings is 1. The molecule has 2 rings (SSSR count). The zero-order valence-electron chi connectivity index (χ0n) is 14.2. The molecule has 0 amide bonds. The summed E-state index contributed by atoms with van der Waals surface area (Å²) in [5, 5.41) is 3.60. The van der Waals surface area contributed by atoms with E-state index < -0.39 is 0 Å². The van der Waals surface area contributed by atoms with Crippen molar-refractivity contribution in [3.05, 3.63) is 0 Å². The lowest BCUT2D eigenvalue weighted by Gasteiger charge is -2.41. The van der Waals surface area contributed by atoms with Crippen LogP contribution < -0.4 is 5.32 Å². The highest BCUT2D eigenvalue weighted by Gasteiger charge is 2.29. The van der Waals surface area contributed by atoms with Crippen LogP contribution in [0.5, 0.6) is 0 Å². The summed E-state index contributed by atoms with van der Waals surface area (Å²) < 4.78 is 0.317. The van der Waals surface area contributed by atoms with E-state index in [9.17, 15) is 0 Å². The van der Waals surface area contributed by atoms with Gasteiger partial charge in [0.15, 0.2) is 5.96 Å². The number of aliphatic imine (C=N–C) groups is 1. The molecule has 2 aliphatic heterocycles. The molecule has 2 fully saturated rings. The summed E-state index contributed by atoms with van der Waals surface area (Å²) >= 11 is 2.06. The summed E-state index contributed by atoms with van der Waals surface area (Å²) in [5.41, 5.74) is 0. The van der Waals surface area contributed by atoms with Gasteiger partial charge < -0.3 is 15.1 Å². The molecule has 0 bridgehead atoms. The molecule has 2 heterocycles. The van der Waals surface area contributed by atoms with Gasteiger partial charge in [0.05, 0.1) is 0 Å². The minimum atomic E-state index is 0.317. The normalized spacial score (nSPS) is 28.7. The Hall–Kier alpha value is -0.460. The Morgan fingerprint density at radius 2 is 2.05 bits per heavy atom. The average Bonchev–Trinajstić information content (AvgIpc) is 2.42. The zero-order valence-corrected chi connectivity index (χ0v) is 15.0. The van der Waals surface area contributed by atoms with E-state index in [1.807, 2.05) is 7.05 Å². The second-order valence-corrected chi connectivity index (χ2v) is 8.66. The molecule has 2 saturated heterocycles. The smallest absolute Gasteiger partial charge is 0.193 e. The Bertz CT molecular complexity index is 371. The van der Waals surface area contributed by atoms with Gasteiger partial charge in [-0.15, -0.1) is 0 Å². The van der Waals surface area contributed by atoms with E-state index in [0.29, 0.717) is 10.8 Å². The first-order valence-corrected chi connectivity index (χ1v) is 8.88. The quantitative estimate of drug-likeness (QED) is 0.598. The fraction of sp³-hybridized carbons (Fsp3) is 0.933. The Morgan fingerprint density at radius 3 is 2.71 bits per heavy atom. The fourth-order valence-corrected chi connectivity index (χ4v) is 4.17. The maximum absolute atomic E-state index is 4.50. The number of likely N-dealkylation sites (N-methyl/N-ethyl adjacent to an activating group) is 2. The molecule has 0 saturated carbocycles. The predicted octanol–water partition coefficient (Wildman–Crippen LogP) is 0.635. The number of thioether (sulfide) groups is 1. The molecule has 6 heteroatoms. The van der Waals surface area contributed by atoms with Gasteiger partial charge >= 0.3 is 0 Å². The molecule has 0 spiro atoms. The summed E-state index contributed by atoms with van der Waals surface area (Å²) in [6, 6.07) is 0.563. The van der Waals surface area contributed by atoms with Crippen LogP contribution >= 0.6 is 11.8 Å². The Kier molecular flexibility index (Phi) is 5.80. The molecule has 2 aliphatic rings. The van der Waals surface area contributed by atoms with Crippen LogP contribution in [0, 0.1) is 0 Å². The number of rotatable bonds is 2. The van der Waals surface area contributed by atoms with Crippen LogP contribution in [-0.4, -0.2) is 97.6 Å². The molecule has 1 atom stereocenters. The maximum Gasteiger partial charge on any atom is 0.193 e. The van der Waals surface area contributed by atoms with Crippen molar-refractivity contribution in [2.45, 2.75) is 24.6 Å². The zero-order chi connectivity index (χ0) is 15.5. The van der Waals surface area contributed by atoms with Crippen molar-refractivity contribution in [3.63, 3.8) is 0 Å². The molecule has 0 aromatic rings. The SMILES string of the molecule is CN=C(NCC1CN(C)CCN1C)N1CCSC(C)(C)C1. The Morgan fingerprint density at radius 1 is 1.29 bits per heavy atom. The molecule has 0 aliphatic carbocycles. The van der Waals surface area contributed by atoms with Crippen LogP contribution in [0.2, 0.25) is 0 Å². The highest BCUT2D eigenvalue weighted by atomic mass is 32.2. The molecule has 5 nitrogen and oxygen atoms in total. The van der Waals surface area contributed by atoms with Crippen LogP contribution in [0.3, 0.4) is 0 Å². The fourth-order valence-electron chi connectivity index (χ4n) is 3.06. The van der Waals surface area contributed by atoms with Gasteiger partial charge in [0, 0.05) is 62.9 Å². The lowest BCUT2D eigenvalue weighted by atomic mass is 10.2. The van der Waals surface area contributed by atoms with E-state index in [2.05, 4.69) is 64.7 Å². The average molecular weight is 314 g/mol. The van der Waals surface area contributed by atoms with Crippen molar-refractivity contribution >= 4 is 17.7 Å². The lowest BCUT2D eigenvalue weighted by molar-refractivity contribution is 0.116. The molecule has 0 aromatic carbocycles. The van der Waals surface area contributed by atoms with Crippen LogP contribution in [0.4, 0.5) is 0 Å². The largest absolute Gasteiger partial charge is 0.355 e. The van der Waals surface area contributed by atoms with Gasteiger partial charge in [-0.3, -0.25) is 9.89 Å². The van der Waals surface area contributed by atoms with Crippen molar-refractivity contribution < 1.29 is 0 Å². The molecule has 21 heavy (non-hydrogen) atoms. The van der Waals surface area contributed by atoms with Crippen molar-refractivity contribution in [1.82, 2.24) is 20.0 Å². The lowest BCUT2D eigenvalue weighted by Crippen LogP contribution is -2.57. The molecule has 1 unspecified atom stereocenters. The number of nitrogens with one attached hydrogen (secondary N) is 1. The minimum Gasteiger partial charge on any atom is -0.355 e. The van der Waals surface area contributed by atoms with E-state index in [0.717, 1.165) is 38.7 Å². The predicted molar refractivity (Wildman–Crippen MR) is 93.4 cm³/mol. The number of nitrogens with zero attached hydrogens (tertiary/aromatic N) is 4. The number of guanidine groups is 1. The van der Waals surface area contributed by atoms with E-state index in [4.69, 9.17) is 0 Å². The van der Waals surface area contributed by atoms with Crippen LogP contribution in [0.15, 0.2) is 4.99 Å². The molecule has 1 N–H and O–H groups in total. The summed E-state index contributed by atoms with van der Waals surface area (Å²) in [7, 11) is 6.33. The maximum atomic E-state index is 4.50. The van der Waals surface area contributed by atoms with Gasteiger partial charge in [-0.2, -0.15) is 11.8 Å². The molecule has 122 valence electrons. The van der Waals surface area contributed by atoms with Gasteiger partial charge in [-0.05, 0) is 27.9 Å². The molecular weight excluding hydrogens is 282 g/mol. The summed E-state index contributed by atoms with van der Waals surface area (Å²) in [6.07, 6.45) is 0. The third kappa shape index (κ3) is 4.76. The van der Waals surface area contributed by atoms with Crippen molar-refractivity contribution in [2.75, 3.05) is 66.2 Å². The monoisotopic (exact) mass is 313 g/mol. The summed E-state index contributed by atoms with van der Waals surface area (Å²) in [4.78, 5) is 11.8. The van der Waals surface area contributed by atoms with Gasteiger partial charge in [-0.1, -0.05) is 0 Å². The Balaban J connectivity index is 1.88. The number of hydrogen-bond donors (Lipinski definition) is 1. The summed E-state index contributed by atoms with van der Waals surface area (Å²) in [5.74, 6) is 2.24. The minimum absolute atomic E-state index is 0.317. The third-order valence-electron chi connectivity index (χ3n) is 4.41. The second kappa shape index (κ2) is 7.20. The van der Waals surface area contributed by atoms with Gasteiger partial charge in [-0.25, -0.2) is 0 Å². The Labute approximate surface area is 134 Å². The highest BCUT2D eigenvalue weighted by Crippen LogP contribution is 2.29. The van der Waals surface area contributed by atoms with E-state index in [1.54, 1.807) is 0 Å². The second-order valence-electron chi connectivity index (χ2n) is 6.85. The van der Waals surface area contributed by atoms with Crippen molar-refractivity contribution in [1.29, 1.82) is 0 Å². The van der Waals surface area contributed by atoms with Crippen LogP contribution in [0.25, 0.3) is 0 Å². The van der Waals surface area contributed by atoms with Gasteiger partial charge in [0.1, 0.15) is 0 Å². The van der Waals surface area contributed by atoms with Crippen molar-refractivity contribution in [2.24, 2.45) is 4.99 Å². The first-order chi connectivity index (χ1) is 9.91. The van der Waals surface area contributed by atoms with E-state index >= 15 is 0 Å². The topological polar surface area (TPSA) is 34.1 Å². The highest BCUT2D eigenvalue weighted by molar-refractivity contribution is 8.00. The molecule has 0 radical (unpaired) electrons. The van der Waals surface area contributed by atoms with Gasteiger partial charge in [0.2, 0.25) is 0 Å². The first-order valence-electron chi connectivity index (χ1n) is 7.89. The van der Waals surface area contributed by atoms with Gasteiger partial charge in [0.25, 0.3) is 0 Å². The third-order valence-corrected chi connectivity index (χ3v) is 5.71. The van der Waals surface area contributed by atoms with Crippen molar-refractivity contribution in [3.8, 4) is 0 Å². The van der Waals surface area contributed by atoms with E-state index in [-0.39, 0.29) is 0 Å². The standard InChI is InChI=1S/C15H31N5S/c1-15(2)12-20(8-9-21-15)14(16-3)17-10-13-11-18(4)6-7-19(13)5/h13H,6-12H2,1-5H3,(H,16,17). The number of hydrogen-bond acceptors (Lipinski definition) is 4. The van der Waals surface area contributed by atoms with Crippen LogP contribution in [0.1, 0.15) is 13.8 Å².